The highest BCUT2D eigenvalue weighted by Gasteiger charge is 2.00. The number of rotatable bonds is 5. The van der Waals surface area contributed by atoms with Crippen molar-refractivity contribution in [2.24, 2.45) is 0 Å². The summed E-state index contributed by atoms with van der Waals surface area (Å²) in [6.07, 6.45) is 0.705. The van der Waals surface area contributed by atoms with Crippen LogP contribution in [0.15, 0.2) is 40.9 Å². The number of anilines is 1. The van der Waals surface area contributed by atoms with Crippen LogP contribution >= 0.6 is 15.9 Å². The second-order valence-electron chi connectivity index (χ2n) is 3.81. The Labute approximate surface area is 114 Å². The Balaban J connectivity index is 2.05. The van der Waals surface area contributed by atoms with Gasteiger partial charge in [-0.15, -0.1) is 10.2 Å². The number of halogens is 1. The van der Waals surface area contributed by atoms with E-state index in [1.54, 1.807) is 0 Å². The first kappa shape index (κ1) is 13.0. The Kier molecular flexibility index (Phi) is 4.66. The molecule has 4 nitrogen and oxygen atoms in total. The lowest BCUT2D eigenvalue weighted by Crippen LogP contribution is -2.05. The zero-order valence-corrected chi connectivity index (χ0v) is 11.4. The normalized spacial score (nSPS) is 10.3. The first-order valence-corrected chi connectivity index (χ1v) is 6.53. The van der Waals surface area contributed by atoms with Crippen molar-refractivity contribution in [3.63, 3.8) is 0 Å². The third-order valence-corrected chi connectivity index (χ3v) is 2.97. The molecule has 2 aromatic rings. The first-order chi connectivity index (χ1) is 8.79. The maximum absolute atomic E-state index is 8.68. The van der Waals surface area contributed by atoms with Crippen molar-refractivity contribution in [2.75, 3.05) is 18.5 Å². The molecular formula is C13H14BrN3O. The summed E-state index contributed by atoms with van der Waals surface area (Å²) in [6, 6.07) is 11.8. The summed E-state index contributed by atoms with van der Waals surface area (Å²) in [6.45, 7) is 0.875. The molecule has 0 unspecified atom stereocenters. The lowest BCUT2D eigenvalue weighted by molar-refractivity contribution is 0.292. The minimum atomic E-state index is 0.178. The summed E-state index contributed by atoms with van der Waals surface area (Å²) in [5.41, 5.74) is 1.88. The van der Waals surface area contributed by atoms with Gasteiger partial charge >= 0.3 is 0 Å². The first-order valence-electron chi connectivity index (χ1n) is 5.74. The number of nitrogens with one attached hydrogen (secondary N) is 1. The quantitative estimate of drug-likeness (QED) is 0.834. The Morgan fingerprint density at radius 3 is 2.44 bits per heavy atom. The number of nitrogens with zero attached hydrogens (tertiary/aromatic N) is 2. The highest BCUT2D eigenvalue weighted by atomic mass is 79.9. The van der Waals surface area contributed by atoms with Gasteiger partial charge in [0.15, 0.2) is 0 Å². The van der Waals surface area contributed by atoms with Crippen molar-refractivity contribution in [3.05, 3.63) is 40.9 Å². The van der Waals surface area contributed by atoms with Gasteiger partial charge in [0, 0.05) is 23.2 Å². The molecular weight excluding hydrogens is 294 g/mol. The molecule has 2 N–H and O–H groups in total. The Bertz CT molecular complexity index is 485. The Morgan fingerprint density at radius 2 is 1.83 bits per heavy atom. The van der Waals surface area contributed by atoms with E-state index in [-0.39, 0.29) is 6.61 Å². The van der Waals surface area contributed by atoms with Crippen LogP contribution in [0.1, 0.15) is 6.42 Å². The highest BCUT2D eigenvalue weighted by molar-refractivity contribution is 9.10. The van der Waals surface area contributed by atoms with Gasteiger partial charge < -0.3 is 10.4 Å². The van der Waals surface area contributed by atoms with Gasteiger partial charge in [-0.05, 0) is 30.7 Å². The van der Waals surface area contributed by atoms with Crippen LogP contribution < -0.4 is 5.32 Å². The van der Waals surface area contributed by atoms with Crippen molar-refractivity contribution in [3.8, 4) is 11.3 Å². The molecule has 0 saturated carbocycles. The van der Waals surface area contributed by atoms with E-state index in [0.29, 0.717) is 13.0 Å². The summed E-state index contributed by atoms with van der Waals surface area (Å²) in [5, 5.41) is 20.0. The summed E-state index contributed by atoms with van der Waals surface area (Å²) < 4.78 is 1.04. The van der Waals surface area contributed by atoms with Gasteiger partial charge in [-0.25, -0.2) is 0 Å². The smallest absolute Gasteiger partial charge is 0.148 e. The molecule has 0 aliphatic heterocycles. The number of aliphatic hydroxyl groups is 1. The third kappa shape index (κ3) is 3.51. The third-order valence-electron chi connectivity index (χ3n) is 2.45. The molecule has 18 heavy (non-hydrogen) atoms. The average molecular weight is 308 g/mol. The van der Waals surface area contributed by atoms with Crippen molar-refractivity contribution < 1.29 is 5.11 Å². The van der Waals surface area contributed by atoms with Gasteiger partial charge in [-0.2, -0.15) is 0 Å². The number of aromatic nitrogens is 2. The molecule has 0 amide bonds. The summed E-state index contributed by atoms with van der Waals surface area (Å²) in [4.78, 5) is 0. The fourth-order valence-corrected chi connectivity index (χ4v) is 1.76. The summed E-state index contributed by atoms with van der Waals surface area (Å²) >= 11 is 3.40. The summed E-state index contributed by atoms with van der Waals surface area (Å²) in [7, 11) is 0. The van der Waals surface area contributed by atoms with Crippen LogP contribution in [-0.2, 0) is 0 Å². The molecule has 94 valence electrons. The predicted molar refractivity (Wildman–Crippen MR) is 75.4 cm³/mol. The van der Waals surface area contributed by atoms with E-state index in [4.69, 9.17) is 5.11 Å². The monoisotopic (exact) mass is 307 g/mol. The lowest BCUT2D eigenvalue weighted by Gasteiger charge is -2.04. The molecule has 2 rings (SSSR count). The standard InChI is InChI=1S/C13H14BrN3O/c14-11-4-2-10(3-5-11)12-6-7-13(17-16-12)15-8-1-9-18/h2-7,18H,1,8-9H2,(H,15,17). The Morgan fingerprint density at radius 1 is 1.06 bits per heavy atom. The van der Waals surface area contributed by atoms with Crippen LogP contribution in [0.3, 0.4) is 0 Å². The van der Waals surface area contributed by atoms with Gasteiger partial charge in [0.05, 0.1) is 5.69 Å². The molecule has 0 aliphatic carbocycles. The van der Waals surface area contributed by atoms with Crippen molar-refractivity contribution in [1.82, 2.24) is 10.2 Å². The molecule has 1 aromatic heterocycles. The van der Waals surface area contributed by atoms with E-state index in [1.165, 1.54) is 0 Å². The average Bonchev–Trinajstić information content (AvgIpc) is 2.41. The molecule has 0 atom stereocenters. The summed E-state index contributed by atoms with van der Waals surface area (Å²) in [5.74, 6) is 0.726. The molecule has 1 heterocycles. The Hall–Kier alpha value is -1.46. The van der Waals surface area contributed by atoms with E-state index < -0.39 is 0 Å². The second kappa shape index (κ2) is 6.47. The van der Waals surface area contributed by atoms with Gasteiger partial charge in [-0.1, -0.05) is 28.1 Å². The minimum absolute atomic E-state index is 0.178. The van der Waals surface area contributed by atoms with E-state index in [1.807, 2.05) is 36.4 Å². The molecule has 5 heteroatoms. The van der Waals surface area contributed by atoms with Gasteiger partial charge in [0.25, 0.3) is 0 Å². The largest absolute Gasteiger partial charge is 0.396 e. The molecule has 0 fully saturated rings. The molecule has 0 aliphatic rings. The molecule has 0 spiro atoms. The van der Waals surface area contributed by atoms with E-state index >= 15 is 0 Å². The molecule has 0 saturated heterocycles. The lowest BCUT2D eigenvalue weighted by atomic mass is 10.1. The van der Waals surface area contributed by atoms with E-state index in [0.717, 1.165) is 21.5 Å². The zero-order valence-electron chi connectivity index (χ0n) is 9.81. The molecule has 0 bridgehead atoms. The van der Waals surface area contributed by atoms with Crippen molar-refractivity contribution in [1.29, 1.82) is 0 Å². The van der Waals surface area contributed by atoms with E-state index in [2.05, 4.69) is 31.4 Å². The van der Waals surface area contributed by atoms with Crippen LogP contribution in [0.5, 0.6) is 0 Å². The molecule has 0 radical (unpaired) electrons. The number of hydrogen-bond acceptors (Lipinski definition) is 4. The maximum atomic E-state index is 8.68. The topological polar surface area (TPSA) is 58.0 Å². The zero-order chi connectivity index (χ0) is 12.8. The van der Waals surface area contributed by atoms with Crippen LogP contribution in [0.25, 0.3) is 11.3 Å². The van der Waals surface area contributed by atoms with Gasteiger partial charge in [0.1, 0.15) is 5.82 Å². The number of benzene rings is 1. The maximum Gasteiger partial charge on any atom is 0.148 e. The van der Waals surface area contributed by atoms with Crippen LogP contribution in [-0.4, -0.2) is 28.5 Å². The SMILES string of the molecule is OCCCNc1ccc(-c2ccc(Br)cc2)nn1. The predicted octanol–water partition coefficient (Wildman–Crippen LogP) is 2.70. The van der Waals surface area contributed by atoms with Crippen molar-refractivity contribution >= 4 is 21.7 Å². The second-order valence-corrected chi connectivity index (χ2v) is 4.73. The van der Waals surface area contributed by atoms with Crippen molar-refractivity contribution in [2.45, 2.75) is 6.42 Å². The fraction of sp³-hybridized carbons (Fsp3) is 0.231. The highest BCUT2D eigenvalue weighted by Crippen LogP contribution is 2.19. The number of aliphatic hydroxyl groups excluding tert-OH is 1. The van der Waals surface area contributed by atoms with Gasteiger partial charge in [-0.3, -0.25) is 0 Å². The van der Waals surface area contributed by atoms with Crippen LogP contribution in [0, 0.1) is 0 Å². The molecule has 1 aromatic carbocycles. The van der Waals surface area contributed by atoms with E-state index in [9.17, 15) is 0 Å². The van der Waals surface area contributed by atoms with Crippen LogP contribution in [0.4, 0.5) is 5.82 Å². The minimum Gasteiger partial charge on any atom is -0.396 e. The van der Waals surface area contributed by atoms with Crippen LogP contribution in [0.2, 0.25) is 0 Å². The number of hydrogen-bond donors (Lipinski definition) is 2. The fourth-order valence-electron chi connectivity index (χ4n) is 1.50. The van der Waals surface area contributed by atoms with Gasteiger partial charge in [0.2, 0.25) is 0 Å².